The SMILES string of the molecule is C[N+](C)(C)P(=O)([O-])O. The third-order valence-electron chi connectivity index (χ3n) is 0.758. The first-order chi connectivity index (χ1) is 3.25. The van der Waals surface area contributed by atoms with Crippen molar-refractivity contribution in [1.82, 2.24) is 0 Å². The van der Waals surface area contributed by atoms with Crippen molar-refractivity contribution in [2.45, 2.75) is 0 Å². The Kier molecular flexibility index (Phi) is 1.83. The zero-order valence-electron chi connectivity index (χ0n) is 5.16. The molecular formula is C3H10NO3P. The van der Waals surface area contributed by atoms with Crippen molar-refractivity contribution in [2.24, 2.45) is 0 Å². The highest BCUT2D eigenvalue weighted by Crippen LogP contribution is 2.37. The molecule has 0 aromatic rings. The molecule has 50 valence electrons. The average Bonchev–Trinajstić information content (AvgIpc) is 1.25. The van der Waals surface area contributed by atoms with Gasteiger partial charge < -0.3 is 9.79 Å². The van der Waals surface area contributed by atoms with Crippen molar-refractivity contribution in [3.8, 4) is 0 Å². The van der Waals surface area contributed by atoms with Crippen molar-refractivity contribution in [2.75, 3.05) is 21.1 Å². The van der Waals surface area contributed by atoms with Gasteiger partial charge in [0.05, 0.1) is 21.1 Å². The van der Waals surface area contributed by atoms with Crippen LogP contribution in [0.2, 0.25) is 0 Å². The van der Waals surface area contributed by atoms with E-state index in [2.05, 4.69) is 0 Å². The second-order valence-corrected chi connectivity index (χ2v) is 4.61. The third-order valence-corrected chi connectivity index (χ3v) is 2.27. The topological polar surface area (TPSA) is 60.4 Å². The van der Waals surface area contributed by atoms with Crippen LogP contribution in [-0.2, 0) is 4.57 Å². The molecule has 0 radical (unpaired) electrons. The highest BCUT2D eigenvalue weighted by molar-refractivity contribution is 7.43. The molecular weight excluding hydrogens is 129 g/mol. The van der Waals surface area contributed by atoms with Crippen LogP contribution in [-0.4, -0.2) is 30.3 Å². The molecule has 0 heterocycles. The first kappa shape index (κ1) is 8.11. The zero-order chi connectivity index (χ0) is 7.00. The van der Waals surface area contributed by atoms with E-state index in [0.29, 0.717) is 0 Å². The minimum atomic E-state index is -4.16. The predicted octanol–water partition coefficient (Wildman–Crippen LogP) is -0.847. The highest BCUT2D eigenvalue weighted by Gasteiger charge is 2.20. The van der Waals surface area contributed by atoms with E-state index in [1.54, 1.807) is 0 Å². The summed E-state index contributed by atoms with van der Waals surface area (Å²) < 4.78 is 9.78. The Hall–Kier alpha value is 0.110. The van der Waals surface area contributed by atoms with Gasteiger partial charge in [-0.3, -0.25) is 4.25 Å². The van der Waals surface area contributed by atoms with Gasteiger partial charge in [-0.1, -0.05) is 0 Å². The molecule has 0 amide bonds. The van der Waals surface area contributed by atoms with Gasteiger partial charge in [0.1, 0.15) is 0 Å². The normalized spacial score (nSPS) is 20.1. The van der Waals surface area contributed by atoms with E-state index in [1.807, 2.05) is 0 Å². The number of hydrogen-bond donors (Lipinski definition) is 1. The fourth-order valence-electron chi connectivity index (χ4n) is 0. The summed E-state index contributed by atoms with van der Waals surface area (Å²) in [7, 11) is -0.0139. The molecule has 0 aromatic carbocycles. The van der Waals surface area contributed by atoms with Crippen LogP contribution in [0.5, 0.6) is 0 Å². The maximum atomic E-state index is 10.2. The Labute approximate surface area is 48.5 Å². The summed E-state index contributed by atoms with van der Waals surface area (Å²) in [4.78, 5) is 18.5. The van der Waals surface area contributed by atoms with Crippen molar-refractivity contribution >= 4 is 7.75 Å². The van der Waals surface area contributed by atoms with Gasteiger partial charge in [-0.25, -0.2) is 4.57 Å². The largest absolute Gasteiger partial charge is 0.730 e. The summed E-state index contributed by atoms with van der Waals surface area (Å²) >= 11 is 0. The van der Waals surface area contributed by atoms with Crippen molar-refractivity contribution in [3.63, 3.8) is 0 Å². The molecule has 1 atom stereocenters. The van der Waals surface area contributed by atoms with Crippen LogP contribution < -0.4 is 4.89 Å². The van der Waals surface area contributed by atoms with Crippen LogP contribution in [0, 0.1) is 0 Å². The van der Waals surface area contributed by atoms with E-state index >= 15 is 0 Å². The van der Waals surface area contributed by atoms with Crippen LogP contribution in [0.25, 0.3) is 0 Å². The Bertz CT molecular complexity index is 121. The zero-order valence-corrected chi connectivity index (χ0v) is 6.05. The van der Waals surface area contributed by atoms with Gasteiger partial charge in [0.15, 0.2) is 0 Å². The molecule has 0 aromatic heterocycles. The summed E-state index contributed by atoms with van der Waals surface area (Å²) in [6.07, 6.45) is 0. The van der Waals surface area contributed by atoms with Gasteiger partial charge in [-0.05, 0) is 0 Å². The Balaban J connectivity index is 4.26. The fourth-order valence-corrected chi connectivity index (χ4v) is 0. The molecule has 0 aliphatic heterocycles. The van der Waals surface area contributed by atoms with E-state index < -0.39 is 12.0 Å². The monoisotopic (exact) mass is 139 g/mol. The summed E-state index contributed by atoms with van der Waals surface area (Å²) in [5.41, 5.74) is 0. The van der Waals surface area contributed by atoms with Gasteiger partial charge in [-0.2, -0.15) is 0 Å². The number of hydrogen-bond acceptors (Lipinski definition) is 2. The van der Waals surface area contributed by atoms with Crippen LogP contribution >= 0.6 is 7.75 Å². The summed E-state index contributed by atoms with van der Waals surface area (Å²) in [5.74, 6) is 0. The molecule has 8 heavy (non-hydrogen) atoms. The molecule has 0 aliphatic carbocycles. The van der Waals surface area contributed by atoms with E-state index in [1.165, 1.54) is 21.1 Å². The molecule has 4 nitrogen and oxygen atoms in total. The molecule has 0 saturated carbocycles. The molecule has 0 bridgehead atoms. The lowest BCUT2D eigenvalue weighted by molar-refractivity contribution is -0.773. The van der Waals surface area contributed by atoms with Crippen molar-refractivity contribution in [3.05, 3.63) is 0 Å². The Morgan fingerprint density at radius 2 is 1.62 bits per heavy atom. The van der Waals surface area contributed by atoms with Crippen LogP contribution in [0.15, 0.2) is 0 Å². The van der Waals surface area contributed by atoms with E-state index in [4.69, 9.17) is 4.89 Å². The number of quaternary nitrogens is 1. The summed E-state index contributed by atoms with van der Waals surface area (Å²) in [6.45, 7) is 0. The lowest BCUT2D eigenvalue weighted by atomic mass is 11.0. The third kappa shape index (κ3) is 1.92. The van der Waals surface area contributed by atoms with Crippen molar-refractivity contribution < 1.29 is 18.6 Å². The maximum Gasteiger partial charge on any atom is 0.325 e. The molecule has 1 unspecified atom stereocenters. The van der Waals surface area contributed by atoms with Crippen LogP contribution in [0.3, 0.4) is 0 Å². The van der Waals surface area contributed by atoms with Crippen LogP contribution in [0.4, 0.5) is 0 Å². The molecule has 5 heteroatoms. The van der Waals surface area contributed by atoms with E-state index in [-0.39, 0.29) is 0 Å². The second kappa shape index (κ2) is 1.81. The summed E-state index contributed by atoms with van der Waals surface area (Å²) in [5, 5.41) is 0. The number of nitrogens with zero attached hydrogens (tertiary/aromatic N) is 1. The maximum absolute atomic E-state index is 10.2. The predicted molar refractivity (Wildman–Crippen MR) is 27.9 cm³/mol. The minimum Gasteiger partial charge on any atom is -0.730 e. The highest BCUT2D eigenvalue weighted by atomic mass is 31.2. The smallest absolute Gasteiger partial charge is 0.325 e. The minimum absolute atomic E-state index is 0.424. The molecule has 0 fully saturated rings. The van der Waals surface area contributed by atoms with Crippen LogP contribution in [0.1, 0.15) is 0 Å². The lowest BCUT2D eigenvalue weighted by Gasteiger charge is -2.32. The van der Waals surface area contributed by atoms with Gasteiger partial charge in [0.2, 0.25) is 0 Å². The van der Waals surface area contributed by atoms with Gasteiger partial charge in [0, 0.05) is 0 Å². The molecule has 0 rings (SSSR count). The first-order valence-corrected chi connectivity index (χ1v) is 3.64. The van der Waals surface area contributed by atoms with Gasteiger partial charge >= 0.3 is 7.75 Å². The van der Waals surface area contributed by atoms with E-state index in [9.17, 15) is 9.46 Å². The molecule has 0 saturated heterocycles. The first-order valence-electron chi connectivity index (χ1n) is 2.11. The van der Waals surface area contributed by atoms with E-state index in [0.717, 1.165) is 0 Å². The quantitative estimate of drug-likeness (QED) is 0.481. The standard InChI is InChI=1S/C3H10NO3P/c1-4(2,3)8(5,6)7/h1-3H3,(H-,5,6,7). The van der Waals surface area contributed by atoms with Gasteiger partial charge in [-0.15, -0.1) is 0 Å². The fraction of sp³-hybridized carbons (Fsp3) is 1.00. The van der Waals surface area contributed by atoms with Crippen molar-refractivity contribution in [1.29, 1.82) is 0 Å². The lowest BCUT2D eigenvalue weighted by Crippen LogP contribution is -2.35. The number of rotatable bonds is 1. The summed E-state index contributed by atoms with van der Waals surface area (Å²) in [6, 6.07) is 0. The molecule has 0 aliphatic rings. The molecule has 0 spiro atoms. The molecule has 1 N–H and O–H groups in total. The Morgan fingerprint density at radius 3 is 1.62 bits per heavy atom. The second-order valence-electron chi connectivity index (χ2n) is 2.43. The average molecular weight is 139 g/mol. The van der Waals surface area contributed by atoms with Gasteiger partial charge in [0.25, 0.3) is 0 Å². The Morgan fingerprint density at radius 1 is 1.50 bits per heavy atom.